The number of dihydropyridines is 1. The van der Waals surface area contributed by atoms with Crippen LogP contribution in [0.3, 0.4) is 0 Å². The van der Waals surface area contributed by atoms with Crippen LogP contribution in [-0.2, 0) is 4.74 Å². The molecule has 4 heteroatoms. The van der Waals surface area contributed by atoms with Crippen molar-refractivity contribution in [2.45, 2.75) is 37.8 Å². The van der Waals surface area contributed by atoms with E-state index in [1.54, 1.807) is 7.11 Å². The molecule has 1 aliphatic carbocycles. The molecule has 1 unspecified atom stereocenters. The van der Waals surface area contributed by atoms with Crippen LogP contribution in [0.4, 0.5) is 0 Å². The molecule has 17 heavy (non-hydrogen) atoms. The van der Waals surface area contributed by atoms with Crippen LogP contribution in [0.2, 0.25) is 0 Å². The number of hydrogen-bond donors (Lipinski definition) is 2. The van der Waals surface area contributed by atoms with Crippen LogP contribution >= 0.6 is 0 Å². The van der Waals surface area contributed by atoms with Crippen LogP contribution in [0.15, 0.2) is 29.1 Å². The van der Waals surface area contributed by atoms with Crippen LogP contribution in [-0.4, -0.2) is 24.3 Å². The van der Waals surface area contributed by atoms with Crippen LogP contribution in [0.5, 0.6) is 0 Å². The summed E-state index contributed by atoms with van der Waals surface area (Å²) in [5.74, 6) is 0.426. The topological polar surface area (TPSA) is 53.8 Å². The highest BCUT2D eigenvalue weighted by Gasteiger charge is 2.42. The fourth-order valence-corrected chi connectivity index (χ4v) is 2.94. The molecule has 2 N–H and O–H groups in total. The van der Waals surface area contributed by atoms with Crippen molar-refractivity contribution in [2.75, 3.05) is 7.11 Å². The lowest BCUT2D eigenvalue weighted by molar-refractivity contribution is -0.0528. The van der Waals surface area contributed by atoms with Gasteiger partial charge < -0.3 is 15.3 Å². The number of rotatable bonds is 3. The first-order valence-corrected chi connectivity index (χ1v) is 6.21. The number of nitrogens with zero attached hydrogens (tertiary/aromatic N) is 1. The van der Waals surface area contributed by atoms with Crippen LogP contribution < -0.4 is 5.32 Å². The van der Waals surface area contributed by atoms with E-state index in [9.17, 15) is 0 Å². The van der Waals surface area contributed by atoms with Crippen molar-refractivity contribution in [3.63, 3.8) is 0 Å². The van der Waals surface area contributed by atoms with Gasteiger partial charge in [-0.05, 0) is 25.1 Å². The van der Waals surface area contributed by atoms with E-state index in [0.29, 0.717) is 5.92 Å². The van der Waals surface area contributed by atoms with Gasteiger partial charge in [-0.15, -0.1) is 0 Å². The predicted molar refractivity (Wildman–Crippen MR) is 67.0 cm³/mol. The summed E-state index contributed by atoms with van der Waals surface area (Å²) < 4.78 is 5.75. The molecule has 1 fully saturated rings. The Morgan fingerprint density at radius 2 is 2.24 bits per heavy atom. The number of nitrogens with one attached hydrogen (secondary N) is 1. The van der Waals surface area contributed by atoms with E-state index in [2.05, 4.69) is 10.5 Å². The molecule has 0 radical (unpaired) electrons. The minimum atomic E-state index is -0.526. The molecule has 0 amide bonds. The fourth-order valence-electron chi connectivity index (χ4n) is 2.94. The SMILES string of the molecule is COC1(C2CCCCC2)NC=CC=C1/C=N\O. The number of allylic oxidation sites excluding steroid dienone is 2. The summed E-state index contributed by atoms with van der Waals surface area (Å²) in [4.78, 5) is 0. The van der Waals surface area contributed by atoms with Gasteiger partial charge in [-0.25, -0.2) is 0 Å². The van der Waals surface area contributed by atoms with Crippen LogP contribution in [0.25, 0.3) is 0 Å². The Balaban J connectivity index is 2.27. The molecule has 0 bridgehead atoms. The summed E-state index contributed by atoms with van der Waals surface area (Å²) in [7, 11) is 1.71. The van der Waals surface area contributed by atoms with Gasteiger partial charge in [-0.2, -0.15) is 0 Å². The summed E-state index contributed by atoms with van der Waals surface area (Å²) in [6, 6.07) is 0. The van der Waals surface area contributed by atoms with Gasteiger partial charge in [0.2, 0.25) is 0 Å². The number of methoxy groups -OCH3 is 1. The van der Waals surface area contributed by atoms with Crippen molar-refractivity contribution < 1.29 is 9.94 Å². The van der Waals surface area contributed by atoms with Crippen molar-refractivity contribution >= 4 is 6.21 Å². The molecule has 0 aromatic heterocycles. The monoisotopic (exact) mass is 236 g/mol. The Morgan fingerprint density at radius 3 is 2.88 bits per heavy atom. The summed E-state index contributed by atoms with van der Waals surface area (Å²) in [6.07, 6.45) is 13.3. The third-order valence-corrected chi connectivity index (χ3v) is 3.80. The van der Waals surface area contributed by atoms with E-state index in [-0.39, 0.29) is 0 Å². The Hall–Kier alpha value is -1.29. The second-order valence-corrected chi connectivity index (χ2v) is 4.64. The molecule has 2 rings (SSSR count). The fraction of sp³-hybridized carbons (Fsp3) is 0.615. The third kappa shape index (κ3) is 2.22. The smallest absolute Gasteiger partial charge is 0.168 e. The summed E-state index contributed by atoms with van der Waals surface area (Å²) in [6.45, 7) is 0. The van der Waals surface area contributed by atoms with Gasteiger partial charge in [-0.3, -0.25) is 0 Å². The Labute approximate surface area is 102 Å². The average Bonchev–Trinajstić information content (AvgIpc) is 2.41. The summed E-state index contributed by atoms with van der Waals surface area (Å²) in [5, 5.41) is 15.2. The lowest BCUT2D eigenvalue weighted by Crippen LogP contribution is -2.54. The minimum Gasteiger partial charge on any atom is -0.411 e. The van der Waals surface area contributed by atoms with E-state index in [1.165, 1.54) is 25.5 Å². The van der Waals surface area contributed by atoms with Gasteiger partial charge in [0.1, 0.15) is 0 Å². The van der Waals surface area contributed by atoms with Gasteiger partial charge in [-0.1, -0.05) is 30.5 Å². The lowest BCUT2D eigenvalue weighted by Gasteiger charge is -2.43. The maximum atomic E-state index is 8.77. The number of ether oxygens (including phenoxy) is 1. The zero-order chi connectivity index (χ0) is 12.1. The minimum absolute atomic E-state index is 0.426. The van der Waals surface area contributed by atoms with E-state index >= 15 is 0 Å². The summed E-state index contributed by atoms with van der Waals surface area (Å²) in [5.41, 5.74) is 0.360. The first kappa shape index (κ1) is 12.2. The lowest BCUT2D eigenvalue weighted by atomic mass is 9.77. The van der Waals surface area contributed by atoms with Crippen molar-refractivity contribution in [1.82, 2.24) is 5.32 Å². The average molecular weight is 236 g/mol. The van der Waals surface area contributed by atoms with E-state index < -0.39 is 5.72 Å². The highest BCUT2D eigenvalue weighted by Crippen LogP contribution is 2.38. The normalized spacial score (nSPS) is 30.3. The molecule has 0 aromatic carbocycles. The first-order chi connectivity index (χ1) is 8.33. The quantitative estimate of drug-likeness (QED) is 0.449. The van der Waals surface area contributed by atoms with Gasteiger partial charge >= 0.3 is 0 Å². The molecule has 1 heterocycles. The first-order valence-electron chi connectivity index (χ1n) is 6.21. The third-order valence-electron chi connectivity index (χ3n) is 3.80. The van der Waals surface area contributed by atoms with E-state index in [0.717, 1.165) is 18.4 Å². The van der Waals surface area contributed by atoms with Crippen molar-refractivity contribution in [3.05, 3.63) is 23.9 Å². The molecular formula is C13H20N2O2. The highest BCUT2D eigenvalue weighted by atomic mass is 16.5. The van der Waals surface area contributed by atoms with Gasteiger partial charge in [0, 0.05) is 18.6 Å². The molecule has 0 saturated heterocycles. The molecule has 0 spiro atoms. The Morgan fingerprint density at radius 1 is 1.47 bits per heavy atom. The highest BCUT2D eigenvalue weighted by molar-refractivity contribution is 5.81. The molecule has 1 aliphatic heterocycles. The molecule has 1 atom stereocenters. The van der Waals surface area contributed by atoms with E-state index in [4.69, 9.17) is 9.94 Å². The maximum Gasteiger partial charge on any atom is 0.168 e. The van der Waals surface area contributed by atoms with Crippen LogP contribution in [0.1, 0.15) is 32.1 Å². The van der Waals surface area contributed by atoms with Crippen molar-refractivity contribution in [1.29, 1.82) is 0 Å². The van der Waals surface area contributed by atoms with E-state index in [1.807, 2.05) is 18.4 Å². The van der Waals surface area contributed by atoms with Crippen LogP contribution in [0, 0.1) is 5.92 Å². The largest absolute Gasteiger partial charge is 0.411 e. The molecular weight excluding hydrogens is 216 g/mol. The molecule has 1 saturated carbocycles. The molecule has 0 aromatic rings. The second-order valence-electron chi connectivity index (χ2n) is 4.64. The van der Waals surface area contributed by atoms with Gasteiger partial charge in [0.25, 0.3) is 0 Å². The van der Waals surface area contributed by atoms with Gasteiger partial charge in [0.15, 0.2) is 5.72 Å². The maximum absolute atomic E-state index is 8.77. The standard InChI is InChI=1S/C13H20N2O2/c1-17-13(11-6-3-2-4-7-11)12(10-15-16)8-5-9-14-13/h5,8-11,14,16H,2-4,6-7H2,1H3/b15-10-. The predicted octanol–water partition coefficient (Wildman–Crippen LogP) is 2.41. The molecule has 94 valence electrons. The molecule has 2 aliphatic rings. The Bertz CT molecular complexity index is 343. The zero-order valence-electron chi connectivity index (χ0n) is 10.2. The van der Waals surface area contributed by atoms with Crippen molar-refractivity contribution in [3.8, 4) is 0 Å². The van der Waals surface area contributed by atoms with Gasteiger partial charge in [0.05, 0.1) is 6.21 Å². The number of oxime groups is 1. The molecule has 4 nitrogen and oxygen atoms in total. The summed E-state index contributed by atoms with van der Waals surface area (Å²) >= 11 is 0. The van der Waals surface area contributed by atoms with Crippen molar-refractivity contribution in [2.24, 2.45) is 11.1 Å². The number of hydrogen-bond acceptors (Lipinski definition) is 4. The Kier molecular flexibility index (Phi) is 3.84. The zero-order valence-corrected chi connectivity index (χ0v) is 10.2. The second kappa shape index (κ2) is 5.36.